The SMILES string of the molecule is Cc1cc(Cl)c(OCCCN2CCCC2)c(Br)c1.O=C(O)C(=O)O. The number of benzene rings is 1. The summed E-state index contributed by atoms with van der Waals surface area (Å²) < 4.78 is 6.72. The van der Waals surface area contributed by atoms with E-state index in [9.17, 15) is 0 Å². The Labute approximate surface area is 154 Å². The molecule has 1 fully saturated rings. The molecule has 0 bridgehead atoms. The molecule has 8 heteroatoms. The van der Waals surface area contributed by atoms with Crippen LogP contribution in [0.3, 0.4) is 0 Å². The Morgan fingerprint density at radius 3 is 2.33 bits per heavy atom. The van der Waals surface area contributed by atoms with Gasteiger partial charge in [-0.3, -0.25) is 0 Å². The average molecular weight is 423 g/mol. The van der Waals surface area contributed by atoms with Crippen LogP contribution < -0.4 is 4.74 Å². The zero-order valence-electron chi connectivity index (χ0n) is 13.4. The van der Waals surface area contributed by atoms with Crippen molar-refractivity contribution >= 4 is 39.5 Å². The summed E-state index contributed by atoms with van der Waals surface area (Å²) in [6.45, 7) is 6.36. The second-order valence-corrected chi connectivity index (χ2v) is 6.68. The van der Waals surface area contributed by atoms with Crippen molar-refractivity contribution in [1.82, 2.24) is 4.90 Å². The molecule has 0 radical (unpaired) electrons. The first-order valence-corrected chi connectivity index (χ1v) is 8.75. The minimum atomic E-state index is -1.82. The van der Waals surface area contributed by atoms with E-state index in [0.717, 1.165) is 35.4 Å². The molecule has 1 saturated heterocycles. The number of halogens is 2. The molecule has 1 aliphatic rings. The first-order valence-electron chi connectivity index (χ1n) is 7.58. The summed E-state index contributed by atoms with van der Waals surface area (Å²) in [4.78, 5) is 20.7. The minimum absolute atomic E-state index is 0.683. The van der Waals surface area contributed by atoms with Crippen LogP contribution in [0.15, 0.2) is 16.6 Å². The second kappa shape index (κ2) is 10.5. The van der Waals surface area contributed by atoms with Crippen LogP contribution in [0.25, 0.3) is 0 Å². The molecule has 0 amide bonds. The molecule has 1 heterocycles. The molecule has 1 aliphatic heterocycles. The molecule has 1 aromatic carbocycles. The van der Waals surface area contributed by atoms with Crippen LogP contribution in [0.2, 0.25) is 5.02 Å². The van der Waals surface area contributed by atoms with E-state index in [1.165, 1.54) is 25.9 Å². The topological polar surface area (TPSA) is 87.1 Å². The van der Waals surface area contributed by atoms with Gasteiger partial charge >= 0.3 is 11.9 Å². The Hall–Kier alpha value is -1.31. The van der Waals surface area contributed by atoms with E-state index in [1.54, 1.807) is 0 Å². The summed E-state index contributed by atoms with van der Waals surface area (Å²) in [7, 11) is 0. The van der Waals surface area contributed by atoms with Gasteiger partial charge < -0.3 is 19.8 Å². The van der Waals surface area contributed by atoms with Gasteiger partial charge in [-0.25, -0.2) is 9.59 Å². The van der Waals surface area contributed by atoms with Crippen molar-refractivity contribution in [1.29, 1.82) is 0 Å². The third-order valence-electron chi connectivity index (χ3n) is 3.39. The molecular formula is C16H21BrClNO5. The van der Waals surface area contributed by atoms with Crippen molar-refractivity contribution < 1.29 is 24.5 Å². The number of carboxylic acids is 2. The number of carbonyl (C=O) groups is 2. The quantitative estimate of drug-likeness (QED) is 0.558. The van der Waals surface area contributed by atoms with Crippen molar-refractivity contribution in [3.05, 3.63) is 27.2 Å². The second-order valence-electron chi connectivity index (χ2n) is 5.42. The van der Waals surface area contributed by atoms with Crippen LogP contribution in [-0.2, 0) is 9.59 Å². The van der Waals surface area contributed by atoms with Gasteiger partial charge in [0, 0.05) is 6.54 Å². The molecule has 6 nitrogen and oxygen atoms in total. The number of aliphatic carboxylic acids is 2. The largest absolute Gasteiger partial charge is 0.491 e. The summed E-state index contributed by atoms with van der Waals surface area (Å²) in [6, 6.07) is 3.96. The third-order valence-corrected chi connectivity index (χ3v) is 4.26. The Morgan fingerprint density at radius 1 is 1.25 bits per heavy atom. The minimum Gasteiger partial charge on any atom is -0.491 e. The van der Waals surface area contributed by atoms with E-state index in [0.29, 0.717) is 5.02 Å². The maximum atomic E-state index is 9.10. The molecule has 2 N–H and O–H groups in total. The fourth-order valence-electron chi connectivity index (χ4n) is 2.29. The number of hydrogen-bond acceptors (Lipinski definition) is 4. The number of hydrogen-bond donors (Lipinski definition) is 2. The highest BCUT2D eigenvalue weighted by Crippen LogP contribution is 2.34. The summed E-state index contributed by atoms with van der Waals surface area (Å²) in [6.07, 6.45) is 3.74. The maximum absolute atomic E-state index is 9.10. The predicted molar refractivity (Wildman–Crippen MR) is 94.9 cm³/mol. The summed E-state index contributed by atoms with van der Waals surface area (Å²) in [5.41, 5.74) is 1.14. The molecule has 0 aliphatic carbocycles. The van der Waals surface area contributed by atoms with Crippen LogP contribution >= 0.6 is 27.5 Å². The van der Waals surface area contributed by atoms with Gasteiger partial charge in [0.15, 0.2) is 5.75 Å². The van der Waals surface area contributed by atoms with E-state index in [4.69, 9.17) is 36.1 Å². The lowest BCUT2D eigenvalue weighted by Gasteiger charge is -2.15. The fourth-order valence-corrected chi connectivity index (χ4v) is 3.42. The number of likely N-dealkylation sites (tertiary alicyclic amines) is 1. The molecule has 2 rings (SSSR count). The smallest absolute Gasteiger partial charge is 0.414 e. The Morgan fingerprint density at radius 2 is 1.83 bits per heavy atom. The lowest BCUT2D eigenvalue weighted by Crippen LogP contribution is -2.21. The maximum Gasteiger partial charge on any atom is 0.414 e. The van der Waals surface area contributed by atoms with Crippen LogP contribution in [0, 0.1) is 6.92 Å². The first kappa shape index (κ1) is 20.7. The molecular weight excluding hydrogens is 402 g/mol. The normalized spacial score (nSPS) is 14.0. The third kappa shape index (κ3) is 7.51. The summed E-state index contributed by atoms with van der Waals surface area (Å²) >= 11 is 9.67. The Balaban J connectivity index is 0.000000413. The number of rotatable bonds is 5. The van der Waals surface area contributed by atoms with Gasteiger partial charge in [-0.05, 0) is 72.9 Å². The van der Waals surface area contributed by atoms with E-state index in [1.807, 2.05) is 19.1 Å². The van der Waals surface area contributed by atoms with Gasteiger partial charge in [0.1, 0.15) is 0 Å². The van der Waals surface area contributed by atoms with Crippen molar-refractivity contribution in [3.8, 4) is 5.75 Å². The number of aryl methyl sites for hydroxylation is 1. The lowest BCUT2D eigenvalue weighted by molar-refractivity contribution is -0.159. The van der Waals surface area contributed by atoms with Gasteiger partial charge in [-0.2, -0.15) is 0 Å². The standard InChI is InChI=1S/C14H19BrClNO.C2H2O4/c1-11-9-12(15)14(13(16)10-11)18-8-4-7-17-5-2-3-6-17;3-1(4)2(5)6/h9-10H,2-8H2,1H3;(H,3,4)(H,5,6). The highest BCUT2D eigenvalue weighted by Gasteiger charge is 2.11. The first-order chi connectivity index (χ1) is 11.3. The van der Waals surface area contributed by atoms with Crippen molar-refractivity contribution in [2.75, 3.05) is 26.2 Å². The molecule has 0 saturated carbocycles. The zero-order chi connectivity index (χ0) is 18.1. The lowest BCUT2D eigenvalue weighted by atomic mass is 10.2. The van der Waals surface area contributed by atoms with Crippen molar-refractivity contribution in [3.63, 3.8) is 0 Å². The van der Waals surface area contributed by atoms with Crippen molar-refractivity contribution in [2.45, 2.75) is 26.2 Å². The Kier molecular flexibility index (Phi) is 9.10. The average Bonchev–Trinajstić information content (AvgIpc) is 2.99. The predicted octanol–water partition coefficient (Wildman–Crippen LogP) is 3.43. The summed E-state index contributed by atoms with van der Waals surface area (Å²) in [5, 5.41) is 15.5. The molecule has 0 spiro atoms. The number of ether oxygens (including phenoxy) is 1. The van der Waals surface area contributed by atoms with Gasteiger partial charge in [-0.1, -0.05) is 11.6 Å². The van der Waals surface area contributed by atoms with Crippen LogP contribution in [-0.4, -0.2) is 53.3 Å². The highest BCUT2D eigenvalue weighted by atomic mass is 79.9. The van der Waals surface area contributed by atoms with E-state index < -0.39 is 11.9 Å². The van der Waals surface area contributed by atoms with Crippen LogP contribution in [0.4, 0.5) is 0 Å². The molecule has 0 aromatic heterocycles. The van der Waals surface area contributed by atoms with Crippen LogP contribution in [0.1, 0.15) is 24.8 Å². The van der Waals surface area contributed by atoms with Crippen LogP contribution in [0.5, 0.6) is 5.75 Å². The molecule has 0 atom stereocenters. The fraction of sp³-hybridized carbons (Fsp3) is 0.500. The van der Waals surface area contributed by atoms with Gasteiger partial charge in [0.2, 0.25) is 0 Å². The molecule has 1 aromatic rings. The monoisotopic (exact) mass is 421 g/mol. The molecule has 134 valence electrons. The zero-order valence-corrected chi connectivity index (χ0v) is 15.8. The van der Waals surface area contributed by atoms with Gasteiger partial charge in [0.05, 0.1) is 16.1 Å². The molecule has 24 heavy (non-hydrogen) atoms. The van der Waals surface area contributed by atoms with Crippen molar-refractivity contribution in [2.24, 2.45) is 0 Å². The summed E-state index contributed by atoms with van der Waals surface area (Å²) in [5.74, 6) is -2.88. The Bertz CT molecular complexity index is 541. The van der Waals surface area contributed by atoms with E-state index >= 15 is 0 Å². The highest BCUT2D eigenvalue weighted by molar-refractivity contribution is 9.10. The van der Waals surface area contributed by atoms with E-state index in [2.05, 4.69) is 20.8 Å². The van der Waals surface area contributed by atoms with Gasteiger partial charge in [0.25, 0.3) is 0 Å². The van der Waals surface area contributed by atoms with E-state index in [-0.39, 0.29) is 0 Å². The molecule has 0 unspecified atom stereocenters. The number of carboxylic acid groups (broad SMARTS) is 2. The number of nitrogens with zero attached hydrogens (tertiary/aromatic N) is 1. The van der Waals surface area contributed by atoms with Gasteiger partial charge in [-0.15, -0.1) is 0 Å².